The van der Waals surface area contributed by atoms with Crippen LogP contribution in [0, 0.1) is 0 Å². The molecule has 4 heterocycles. The second kappa shape index (κ2) is 12.8. The van der Waals surface area contributed by atoms with Crippen molar-refractivity contribution in [1.82, 2.24) is 25.1 Å². The Labute approximate surface area is 328 Å². The van der Waals surface area contributed by atoms with Gasteiger partial charge in [0.25, 0.3) is 0 Å². The Morgan fingerprint density at radius 3 is 1.54 bits per heavy atom. The lowest BCUT2D eigenvalue weighted by molar-refractivity contribution is 0.204. The highest BCUT2D eigenvalue weighted by Crippen LogP contribution is 2.44. The molecule has 0 aliphatic carbocycles. The van der Waals surface area contributed by atoms with E-state index in [-0.39, 0.29) is 18.5 Å². The molecule has 3 N–H and O–H groups in total. The molecule has 2 unspecified atom stereocenters. The Kier molecular flexibility index (Phi) is 7.25. The number of aromatic nitrogens is 2. The van der Waals surface area contributed by atoms with E-state index in [1.54, 1.807) is 0 Å². The highest BCUT2D eigenvalue weighted by molar-refractivity contribution is 6.24. The zero-order chi connectivity index (χ0) is 37.5. The van der Waals surface area contributed by atoms with Crippen molar-refractivity contribution in [3.63, 3.8) is 0 Å². The summed E-state index contributed by atoms with van der Waals surface area (Å²) < 4.78 is 11.9. The topological polar surface area (TPSA) is 59.1 Å². The number of rotatable bonds is 5. The van der Waals surface area contributed by atoms with Crippen molar-refractivity contribution in [2.45, 2.75) is 18.5 Å². The summed E-state index contributed by atoms with van der Waals surface area (Å²) in [5.74, 6) is 0. The van der Waals surface area contributed by atoms with Gasteiger partial charge < -0.3 is 13.6 Å². The number of fused-ring (bicyclic) bond motifs is 10. The van der Waals surface area contributed by atoms with Gasteiger partial charge in [0.2, 0.25) is 0 Å². The average molecular weight is 736 g/mol. The monoisotopic (exact) mass is 735 g/mol. The molecule has 57 heavy (non-hydrogen) atoms. The van der Waals surface area contributed by atoms with Gasteiger partial charge in [-0.25, -0.2) is 0 Å². The first kappa shape index (κ1) is 32.3. The molecule has 12 rings (SSSR count). The minimum Gasteiger partial charge on any atom is -0.454 e. The third-order valence-electron chi connectivity index (χ3n) is 11.8. The van der Waals surface area contributed by atoms with Gasteiger partial charge in [-0.1, -0.05) is 152 Å². The fourth-order valence-electron chi connectivity index (χ4n) is 9.37. The zero-order valence-electron chi connectivity index (χ0n) is 30.9. The van der Waals surface area contributed by atoms with Crippen molar-refractivity contribution in [2.24, 2.45) is 0 Å². The molecule has 11 aromatic rings. The smallest absolute Gasteiger partial charge is 0.159 e. The Morgan fingerprint density at radius 1 is 0.386 bits per heavy atom. The van der Waals surface area contributed by atoms with Gasteiger partial charge in [-0.05, 0) is 53.1 Å². The molecule has 6 nitrogen and oxygen atoms in total. The molecule has 0 radical (unpaired) electrons. The Bertz CT molecular complexity index is 3240. The minimum absolute atomic E-state index is 0.0805. The average Bonchev–Trinajstić information content (AvgIpc) is 3.95. The molecular formula is C51H37N5O. The van der Waals surface area contributed by atoms with Gasteiger partial charge in [-0.2, -0.15) is 0 Å². The summed E-state index contributed by atoms with van der Waals surface area (Å²) in [5, 5.41) is 18.7. The third kappa shape index (κ3) is 4.95. The summed E-state index contributed by atoms with van der Waals surface area (Å²) in [4.78, 5) is 0. The number of furan rings is 1. The van der Waals surface area contributed by atoms with Crippen LogP contribution in [0.3, 0.4) is 0 Å². The molecule has 6 heteroatoms. The largest absolute Gasteiger partial charge is 0.454 e. The molecule has 0 amide bonds. The van der Waals surface area contributed by atoms with Crippen LogP contribution in [0.5, 0.6) is 0 Å². The summed E-state index contributed by atoms with van der Waals surface area (Å²) >= 11 is 0. The van der Waals surface area contributed by atoms with Gasteiger partial charge in [0.15, 0.2) is 5.58 Å². The molecule has 1 aliphatic rings. The number of nitrogens with one attached hydrogen (secondary N) is 3. The van der Waals surface area contributed by atoms with E-state index in [9.17, 15) is 0 Å². The molecule has 3 aromatic heterocycles. The van der Waals surface area contributed by atoms with E-state index in [1.165, 1.54) is 43.7 Å². The second-order valence-corrected chi connectivity index (χ2v) is 15.0. The summed E-state index contributed by atoms with van der Waals surface area (Å²) in [6.45, 7) is 0. The zero-order valence-corrected chi connectivity index (χ0v) is 30.9. The lowest BCUT2D eigenvalue weighted by atomic mass is 10.0. The number of para-hydroxylation sites is 4. The van der Waals surface area contributed by atoms with E-state index >= 15 is 0 Å². The SMILES string of the molecule is c1ccc(C2NC(c3ccccc3)NC(c3cccc4oc5c(-n6c7ccccc7c7ccc8c9ccccc9n(-c9ccccc9)c8c76)cccc5c34)N2)cc1. The van der Waals surface area contributed by atoms with Crippen LogP contribution in [0.25, 0.3) is 76.9 Å². The molecule has 1 fully saturated rings. The van der Waals surface area contributed by atoms with Crippen LogP contribution in [0.1, 0.15) is 35.2 Å². The van der Waals surface area contributed by atoms with Crippen LogP contribution in [0.4, 0.5) is 0 Å². The van der Waals surface area contributed by atoms with Crippen LogP contribution >= 0.6 is 0 Å². The lowest BCUT2D eigenvalue weighted by Gasteiger charge is -2.39. The van der Waals surface area contributed by atoms with Crippen LogP contribution in [-0.2, 0) is 0 Å². The molecule has 1 saturated heterocycles. The summed E-state index contributed by atoms with van der Waals surface area (Å²) in [6.07, 6.45) is -0.338. The van der Waals surface area contributed by atoms with Crippen LogP contribution in [0.15, 0.2) is 192 Å². The number of nitrogens with zero attached hydrogens (tertiary/aromatic N) is 2. The van der Waals surface area contributed by atoms with Crippen LogP contribution in [-0.4, -0.2) is 9.13 Å². The fourth-order valence-corrected chi connectivity index (χ4v) is 9.37. The van der Waals surface area contributed by atoms with Gasteiger partial charge >= 0.3 is 0 Å². The highest BCUT2D eigenvalue weighted by atomic mass is 16.3. The Hall–Kier alpha value is -6.96. The first-order valence-electron chi connectivity index (χ1n) is 19.6. The lowest BCUT2D eigenvalue weighted by Crippen LogP contribution is -2.54. The van der Waals surface area contributed by atoms with Crippen molar-refractivity contribution < 1.29 is 4.42 Å². The predicted octanol–water partition coefficient (Wildman–Crippen LogP) is 12.0. The molecule has 2 atom stereocenters. The van der Waals surface area contributed by atoms with Crippen molar-refractivity contribution in [3.05, 3.63) is 205 Å². The third-order valence-corrected chi connectivity index (χ3v) is 11.8. The van der Waals surface area contributed by atoms with Crippen LogP contribution in [0.2, 0.25) is 0 Å². The van der Waals surface area contributed by atoms with E-state index in [1.807, 2.05) is 0 Å². The molecule has 272 valence electrons. The van der Waals surface area contributed by atoms with Crippen molar-refractivity contribution >= 4 is 65.6 Å². The van der Waals surface area contributed by atoms with Gasteiger partial charge in [0.1, 0.15) is 5.58 Å². The summed E-state index contributed by atoms with van der Waals surface area (Å²) in [6, 6.07) is 67.1. The summed E-state index contributed by atoms with van der Waals surface area (Å²) in [5.41, 5.74) is 12.0. The fraction of sp³-hybridized carbons (Fsp3) is 0.0588. The van der Waals surface area contributed by atoms with E-state index in [4.69, 9.17) is 4.42 Å². The van der Waals surface area contributed by atoms with Gasteiger partial charge in [0.05, 0.1) is 46.3 Å². The van der Waals surface area contributed by atoms with Gasteiger partial charge in [0, 0.05) is 38.0 Å². The molecule has 0 spiro atoms. The second-order valence-electron chi connectivity index (χ2n) is 15.0. The van der Waals surface area contributed by atoms with Crippen molar-refractivity contribution in [3.8, 4) is 11.4 Å². The van der Waals surface area contributed by atoms with E-state index in [0.29, 0.717) is 0 Å². The number of benzene rings is 8. The number of hydrogen-bond donors (Lipinski definition) is 3. The standard InChI is InChI=1S/C51H37N5O/c1-4-16-32(17-5-1)49-52-50(33-18-6-2-7-19-33)54-51(53-49)40-25-15-29-44-45(40)39-24-14-28-43(48(39)57-44)56-42-27-13-11-23-36(42)38-31-30-37-35-22-10-12-26-41(35)55(46(37)47(38)56)34-20-8-3-9-21-34/h1-31,49-54H. The van der Waals surface area contributed by atoms with Crippen molar-refractivity contribution in [1.29, 1.82) is 0 Å². The van der Waals surface area contributed by atoms with Gasteiger partial charge in [-0.3, -0.25) is 16.0 Å². The maximum Gasteiger partial charge on any atom is 0.159 e. The predicted molar refractivity (Wildman–Crippen MR) is 233 cm³/mol. The van der Waals surface area contributed by atoms with Gasteiger partial charge in [-0.15, -0.1) is 0 Å². The van der Waals surface area contributed by atoms with Crippen LogP contribution < -0.4 is 16.0 Å². The molecular weight excluding hydrogens is 699 g/mol. The molecule has 8 aromatic carbocycles. The molecule has 1 aliphatic heterocycles. The first-order chi connectivity index (χ1) is 28.3. The maximum atomic E-state index is 7.05. The molecule has 0 bridgehead atoms. The maximum absolute atomic E-state index is 7.05. The Balaban J connectivity index is 1.11. The minimum atomic E-state index is -0.177. The van der Waals surface area contributed by atoms with E-state index in [2.05, 4.69) is 213 Å². The van der Waals surface area contributed by atoms with E-state index in [0.717, 1.165) is 49.9 Å². The first-order valence-corrected chi connectivity index (χ1v) is 19.6. The van der Waals surface area contributed by atoms with E-state index < -0.39 is 0 Å². The highest BCUT2D eigenvalue weighted by Gasteiger charge is 2.32. The number of hydrogen-bond acceptors (Lipinski definition) is 4. The Morgan fingerprint density at radius 2 is 0.895 bits per heavy atom. The van der Waals surface area contributed by atoms with Crippen molar-refractivity contribution in [2.75, 3.05) is 0 Å². The molecule has 0 saturated carbocycles. The quantitative estimate of drug-likeness (QED) is 0.165. The normalized spacial score (nSPS) is 17.4. The summed E-state index contributed by atoms with van der Waals surface area (Å²) in [7, 11) is 0.